The van der Waals surface area contributed by atoms with Crippen molar-refractivity contribution in [3.8, 4) is 0 Å². The Bertz CT molecular complexity index is 373. The highest BCUT2D eigenvalue weighted by Gasteiger charge is 2.35. The van der Waals surface area contributed by atoms with Crippen molar-refractivity contribution in [2.45, 2.75) is 31.3 Å². The summed E-state index contributed by atoms with van der Waals surface area (Å²) in [5.41, 5.74) is 0. The number of nitrogens with one attached hydrogen (secondary N) is 1. The van der Waals surface area contributed by atoms with E-state index in [1.807, 2.05) is 0 Å². The molecule has 3 saturated heterocycles. The van der Waals surface area contributed by atoms with Crippen molar-refractivity contribution < 1.29 is 9.53 Å². The maximum absolute atomic E-state index is 12.4. The van der Waals surface area contributed by atoms with Crippen LogP contribution in [0.1, 0.15) is 19.3 Å². The largest absolute Gasteiger partial charge is 0.378 e. The molecule has 2 atom stereocenters. The third-order valence-corrected chi connectivity index (χ3v) is 5.19. The first-order valence-electron chi connectivity index (χ1n) is 8.74. The fourth-order valence-corrected chi connectivity index (χ4v) is 3.83. The zero-order valence-corrected chi connectivity index (χ0v) is 13.8. The second kappa shape index (κ2) is 7.73. The molecule has 0 aliphatic carbocycles. The Morgan fingerprint density at radius 1 is 1.05 bits per heavy atom. The van der Waals surface area contributed by atoms with Gasteiger partial charge in [0, 0.05) is 13.1 Å². The molecule has 0 spiro atoms. The Hall–Kier alpha value is -0.690. The Morgan fingerprint density at radius 3 is 2.68 bits per heavy atom. The van der Waals surface area contributed by atoms with Crippen LogP contribution in [-0.4, -0.2) is 98.8 Å². The van der Waals surface area contributed by atoms with Crippen LogP contribution in [0.25, 0.3) is 0 Å². The number of likely N-dealkylation sites (tertiary alicyclic amines) is 1. The van der Waals surface area contributed by atoms with E-state index in [0.29, 0.717) is 19.2 Å². The molecule has 0 radical (unpaired) electrons. The molecule has 6 nitrogen and oxygen atoms in total. The first-order chi connectivity index (χ1) is 10.7. The van der Waals surface area contributed by atoms with Crippen LogP contribution in [0.2, 0.25) is 0 Å². The number of hydrogen-bond acceptors (Lipinski definition) is 5. The van der Waals surface area contributed by atoms with Gasteiger partial charge in [-0.2, -0.15) is 0 Å². The van der Waals surface area contributed by atoms with Gasteiger partial charge in [0.05, 0.1) is 31.8 Å². The lowest BCUT2D eigenvalue weighted by Crippen LogP contribution is -2.52. The molecule has 0 bridgehead atoms. The molecule has 22 heavy (non-hydrogen) atoms. The smallest absolute Gasteiger partial charge is 0.234 e. The fraction of sp³-hybridized carbons (Fsp3) is 0.938. The van der Waals surface area contributed by atoms with E-state index >= 15 is 0 Å². The van der Waals surface area contributed by atoms with Crippen LogP contribution in [0.4, 0.5) is 0 Å². The minimum Gasteiger partial charge on any atom is -0.378 e. The van der Waals surface area contributed by atoms with Crippen molar-refractivity contribution in [1.29, 1.82) is 0 Å². The lowest BCUT2D eigenvalue weighted by atomic mass is 10.1. The van der Waals surface area contributed by atoms with E-state index in [0.717, 1.165) is 52.3 Å². The summed E-state index contributed by atoms with van der Waals surface area (Å²) in [5.74, 6) is 0.157. The van der Waals surface area contributed by atoms with E-state index in [1.54, 1.807) is 0 Å². The molecule has 3 aliphatic rings. The van der Waals surface area contributed by atoms with Gasteiger partial charge < -0.3 is 15.0 Å². The van der Waals surface area contributed by atoms with E-state index in [9.17, 15) is 4.79 Å². The van der Waals surface area contributed by atoms with E-state index < -0.39 is 0 Å². The summed E-state index contributed by atoms with van der Waals surface area (Å²) >= 11 is 0. The zero-order valence-electron chi connectivity index (χ0n) is 13.8. The number of amides is 1. The topological polar surface area (TPSA) is 48.1 Å². The molecule has 3 aliphatic heterocycles. The van der Waals surface area contributed by atoms with Gasteiger partial charge in [-0.15, -0.1) is 0 Å². The quantitative estimate of drug-likeness (QED) is 0.766. The summed E-state index contributed by atoms with van der Waals surface area (Å²) in [4.78, 5) is 19.5. The number of nitrogens with zero attached hydrogens (tertiary/aromatic N) is 3. The highest BCUT2D eigenvalue weighted by atomic mass is 16.5. The molecular weight excluding hydrogens is 280 g/mol. The number of rotatable bonds is 4. The Kier molecular flexibility index (Phi) is 5.68. The van der Waals surface area contributed by atoms with Gasteiger partial charge in [-0.1, -0.05) is 0 Å². The summed E-state index contributed by atoms with van der Waals surface area (Å²) in [6.07, 6.45) is 3.70. The Balaban J connectivity index is 1.46. The van der Waals surface area contributed by atoms with E-state index in [4.69, 9.17) is 4.74 Å². The molecule has 0 aromatic carbocycles. The molecule has 3 fully saturated rings. The predicted molar refractivity (Wildman–Crippen MR) is 85.9 cm³/mol. The van der Waals surface area contributed by atoms with Crippen LogP contribution in [0, 0.1) is 0 Å². The maximum atomic E-state index is 12.4. The van der Waals surface area contributed by atoms with Crippen molar-refractivity contribution in [3.05, 3.63) is 0 Å². The molecule has 0 aromatic rings. The van der Waals surface area contributed by atoms with Crippen LogP contribution in [0.15, 0.2) is 0 Å². The van der Waals surface area contributed by atoms with E-state index in [2.05, 4.69) is 27.1 Å². The number of ether oxygens (including phenoxy) is 1. The normalized spacial score (nSPS) is 32.2. The number of hydrogen-bond donors (Lipinski definition) is 1. The summed E-state index contributed by atoms with van der Waals surface area (Å²) < 4.78 is 5.63. The summed E-state index contributed by atoms with van der Waals surface area (Å²) in [7, 11) is 2.15. The van der Waals surface area contributed by atoms with Gasteiger partial charge in [-0.05, 0) is 52.5 Å². The van der Waals surface area contributed by atoms with E-state index in [-0.39, 0.29) is 11.9 Å². The minimum absolute atomic E-state index is 0.157. The molecule has 1 N–H and O–H groups in total. The van der Waals surface area contributed by atoms with Gasteiger partial charge >= 0.3 is 0 Å². The first kappa shape index (κ1) is 16.2. The van der Waals surface area contributed by atoms with Gasteiger partial charge in [0.2, 0.25) is 5.91 Å². The second-order valence-electron chi connectivity index (χ2n) is 6.95. The van der Waals surface area contributed by atoms with Gasteiger partial charge in [0.25, 0.3) is 0 Å². The molecular formula is C16H30N4O2. The average Bonchev–Trinajstić information content (AvgIpc) is 3.11. The monoisotopic (exact) mass is 310 g/mol. The average molecular weight is 310 g/mol. The molecule has 3 rings (SSSR count). The standard InChI is InChI=1S/C16H30N4O2/c1-18-5-4-6-19(10-9-18)11-16(21)17-14-12-22-13-15(14)20-7-2-3-8-20/h14-15H,2-13H2,1H3,(H,17,21)/t14-,15-/m0/s1. The maximum Gasteiger partial charge on any atom is 0.234 e. The van der Waals surface area contributed by atoms with Crippen molar-refractivity contribution >= 4 is 5.91 Å². The highest BCUT2D eigenvalue weighted by molar-refractivity contribution is 5.78. The van der Waals surface area contributed by atoms with Gasteiger partial charge in [-0.3, -0.25) is 14.6 Å². The van der Waals surface area contributed by atoms with Crippen molar-refractivity contribution in [2.75, 3.05) is 66.1 Å². The van der Waals surface area contributed by atoms with Gasteiger partial charge in [0.1, 0.15) is 0 Å². The summed E-state index contributed by atoms with van der Waals surface area (Å²) in [6, 6.07) is 0.543. The van der Waals surface area contributed by atoms with Gasteiger partial charge in [-0.25, -0.2) is 0 Å². The zero-order chi connectivity index (χ0) is 15.4. The number of likely N-dealkylation sites (N-methyl/N-ethyl adjacent to an activating group) is 1. The van der Waals surface area contributed by atoms with Crippen molar-refractivity contribution in [3.63, 3.8) is 0 Å². The number of carbonyl (C=O) groups is 1. The molecule has 126 valence electrons. The second-order valence-corrected chi connectivity index (χ2v) is 6.95. The van der Waals surface area contributed by atoms with Crippen LogP contribution >= 0.6 is 0 Å². The molecule has 6 heteroatoms. The van der Waals surface area contributed by atoms with Crippen LogP contribution < -0.4 is 5.32 Å². The number of carbonyl (C=O) groups excluding carboxylic acids is 1. The Labute approximate surface area is 133 Å². The SMILES string of the molecule is CN1CCCN(CC(=O)N[C@H]2COC[C@@H]2N2CCCC2)CC1. The van der Waals surface area contributed by atoms with E-state index in [1.165, 1.54) is 12.8 Å². The summed E-state index contributed by atoms with van der Waals surface area (Å²) in [6.45, 7) is 8.45. The lowest BCUT2D eigenvalue weighted by Gasteiger charge is -2.28. The Morgan fingerprint density at radius 2 is 1.86 bits per heavy atom. The lowest BCUT2D eigenvalue weighted by molar-refractivity contribution is -0.123. The van der Waals surface area contributed by atoms with Crippen LogP contribution in [0.5, 0.6) is 0 Å². The molecule has 3 heterocycles. The third-order valence-electron chi connectivity index (χ3n) is 5.19. The third kappa shape index (κ3) is 4.19. The predicted octanol–water partition coefficient (Wildman–Crippen LogP) is -0.397. The van der Waals surface area contributed by atoms with Crippen LogP contribution in [0.3, 0.4) is 0 Å². The van der Waals surface area contributed by atoms with Gasteiger partial charge in [0.15, 0.2) is 0 Å². The molecule has 0 saturated carbocycles. The fourth-order valence-electron chi connectivity index (χ4n) is 3.83. The van der Waals surface area contributed by atoms with Crippen molar-refractivity contribution in [1.82, 2.24) is 20.0 Å². The van der Waals surface area contributed by atoms with Crippen LogP contribution in [-0.2, 0) is 9.53 Å². The molecule has 0 aromatic heterocycles. The highest BCUT2D eigenvalue weighted by Crippen LogP contribution is 2.19. The van der Waals surface area contributed by atoms with Crippen molar-refractivity contribution in [2.24, 2.45) is 0 Å². The molecule has 1 amide bonds. The molecule has 0 unspecified atom stereocenters. The summed E-state index contributed by atoms with van der Waals surface area (Å²) in [5, 5.41) is 3.22. The first-order valence-corrected chi connectivity index (χ1v) is 8.74. The minimum atomic E-state index is 0.157.